The van der Waals surface area contributed by atoms with Crippen LogP contribution in [0.4, 0.5) is 5.69 Å². The Hall–Kier alpha value is -3.37. The minimum atomic E-state index is -0.249. The third-order valence-electron chi connectivity index (χ3n) is 4.46. The number of aryl methyl sites for hydroxylation is 1. The van der Waals surface area contributed by atoms with E-state index in [9.17, 15) is 9.90 Å². The van der Waals surface area contributed by atoms with Gasteiger partial charge >= 0.3 is 0 Å². The second kappa shape index (κ2) is 7.33. The Bertz CT molecular complexity index is 1100. The van der Waals surface area contributed by atoms with Crippen LogP contribution in [0.5, 0.6) is 5.75 Å². The molecule has 28 heavy (non-hydrogen) atoms. The number of halogens is 1. The molecular weight excluding hydrogens is 372 g/mol. The molecule has 4 nitrogen and oxygen atoms in total. The summed E-state index contributed by atoms with van der Waals surface area (Å²) in [5.41, 5.74) is 3.63. The Morgan fingerprint density at radius 2 is 1.64 bits per heavy atom. The summed E-state index contributed by atoms with van der Waals surface area (Å²) in [4.78, 5) is 19.3. The van der Waals surface area contributed by atoms with Gasteiger partial charge in [0, 0.05) is 5.56 Å². The number of nitrogens with zero attached hydrogens (tertiary/aromatic N) is 2. The van der Waals surface area contributed by atoms with Crippen LogP contribution in [0.1, 0.15) is 16.7 Å². The van der Waals surface area contributed by atoms with E-state index < -0.39 is 0 Å². The number of anilines is 1. The number of amidine groups is 1. The van der Waals surface area contributed by atoms with Gasteiger partial charge in [0.25, 0.3) is 5.91 Å². The summed E-state index contributed by atoms with van der Waals surface area (Å²) in [6, 6.07) is 21.6. The van der Waals surface area contributed by atoms with Gasteiger partial charge in [-0.25, -0.2) is 4.99 Å². The first-order valence-corrected chi connectivity index (χ1v) is 9.16. The lowest BCUT2D eigenvalue weighted by Crippen LogP contribution is -2.32. The van der Waals surface area contributed by atoms with Gasteiger partial charge in [-0.3, -0.25) is 9.69 Å². The lowest BCUT2D eigenvalue weighted by molar-refractivity contribution is -0.113. The molecule has 3 aromatic carbocycles. The molecule has 1 N–H and O–H groups in total. The summed E-state index contributed by atoms with van der Waals surface area (Å²) in [7, 11) is 0. The van der Waals surface area contributed by atoms with E-state index in [0.717, 1.165) is 11.1 Å². The van der Waals surface area contributed by atoms with Crippen molar-refractivity contribution in [1.82, 2.24) is 0 Å². The van der Waals surface area contributed by atoms with E-state index in [1.165, 1.54) is 17.0 Å². The first kappa shape index (κ1) is 18.0. The van der Waals surface area contributed by atoms with Crippen molar-refractivity contribution >= 4 is 35.1 Å². The molecule has 1 amide bonds. The number of amides is 1. The number of phenolic OH excluding ortho intramolecular Hbond substituents is 1. The molecule has 0 spiro atoms. The minimum absolute atomic E-state index is 0.127. The second-order valence-electron chi connectivity index (χ2n) is 6.51. The quantitative estimate of drug-likeness (QED) is 0.628. The average Bonchev–Trinajstić information content (AvgIpc) is 3.01. The van der Waals surface area contributed by atoms with Crippen LogP contribution in [0.2, 0.25) is 5.02 Å². The number of hydrogen-bond donors (Lipinski definition) is 1. The van der Waals surface area contributed by atoms with Crippen LogP contribution in [0.25, 0.3) is 6.08 Å². The molecule has 0 saturated heterocycles. The van der Waals surface area contributed by atoms with Crippen LogP contribution in [0.15, 0.2) is 83.5 Å². The molecule has 0 unspecified atom stereocenters. The minimum Gasteiger partial charge on any atom is -0.508 e. The summed E-state index contributed by atoms with van der Waals surface area (Å²) >= 11 is 6.38. The van der Waals surface area contributed by atoms with Crippen LogP contribution in [-0.2, 0) is 4.79 Å². The Balaban J connectivity index is 1.84. The molecule has 5 heteroatoms. The third kappa shape index (κ3) is 3.42. The van der Waals surface area contributed by atoms with Gasteiger partial charge in [0.1, 0.15) is 17.3 Å². The maximum atomic E-state index is 13.2. The summed E-state index contributed by atoms with van der Waals surface area (Å²) in [6.07, 6.45) is 1.76. The number of benzene rings is 3. The molecule has 1 aliphatic rings. The van der Waals surface area contributed by atoms with Gasteiger partial charge in [-0.05, 0) is 55.0 Å². The van der Waals surface area contributed by atoms with Crippen LogP contribution in [0.3, 0.4) is 0 Å². The van der Waals surface area contributed by atoms with E-state index in [0.29, 0.717) is 27.8 Å². The van der Waals surface area contributed by atoms with E-state index in [4.69, 9.17) is 11.6 Å². The molecule has 0 radical (unpaired) electrons. The van der Waals surface area contributed by atoms with E-state index in [1.54, 1.807) is 24.3 Å². The number of hydrogen-bond acceptors (Lipinski definition) is 3. The van der Waals surface area contributed by atoms with Crippen LogP contribution >= 0.6 is 11.6 Å². The highest BCUT2D eigenvalue weighted by Gasteiger charge is 2.33. The summed E-state index contributed by atoms with van der Waals surface area (Å²) in [5, 5.41) is 10.1. The average molecular weight is 389 g/mol. The molecule has 0 aromatic heterocycles. The van der Waals surface area contributed by atoms with Gasteiger partial charge in [-0.2, -0.15) is 0 Å². The maximum absolute atomic E-state index is 13.2. The van der Waals surface area contributed by atoms with Crippen molar-refractivity contribution in [2.24, 2.45) is 4.99 Å². The molecule has 0 aliphatic carbocycles. The molecule has 4 rings (SSSR count). The monoisotopic (exact) mass is 388 g/mol. The van der Waals surface area contributed by atoms with Crippen molar-refractivity contribution in [2.45, 2.75) is 6.92 Å². The van der Waals surface area contributed by atoms with Crippen molar-refractivity contribution in [3.8, 4) is 5.75 Å². The predicted octanol–water partition coefficient (Wildman–Crippen LogP) is 5.19. The highest BCUT2D eigenvalue weighted by Crippen LogP contribution is 2.31. The van der Waals surface area contributed by atoms with Crippen molar-refractivity contribution in [2.75, 3.05) is 4.90 Å². The lowest BCUT2D eigenvalue weighted by Gasteiger charge is -2.19. The standard InChI is InChI=1S/C23H17ClN2O2/c1-15-6-8-16(9-7-15)14-21-23(28)26(17-10-12-18(27)13-11-17)22(25-21)19-4-2-3-5-20(19)24/h2-14,27H,1H3/b21-14+. The van der Waals surface area contributed by atoms with Crippen molar-refractivity contribution in [1.29, 1.82) is 0 Å². The normalized spacial score (nSPS) is 15.2. The molecule has 0 bridgehead atoms. The fraction of sp³-hybridized carbons (Fsp3) is 0.0435. The lowest BCUT2D eigenvalue weighted by atomic mass is 10.1. The van der Waals surface area contributed by atoms with Gasteiger partial charge in [-0.1, -0.05) is 53.6 Å². The number of aliphatic imine (C=N–C) groups is 1. The number of aromatic hydroxyl groups is 1. The summed E-state index contributed by atoms with van der Waals surface area (Å²) in [6.45, 7) is 2.01. The van der Waals surface area contributed by atoms with Crippen molar-refractivity contribution < 1.29 is 9.90 Å². The fourth-order valence-electron chi connectivity index (χ4n) is 3.00. The van der Waals surface area contributed by atoms with E-state index in [2.05, 4.69) is 4.99 Å². The van der Waals surface area contributed by atoms with Gasteiger partial charge in [-0.15, -0.1) is 0 Å². The number of rotatable bonds is 3. The molecular formula is C23H17ClN2O2. The van der Waals surface area contributed by atoms with Gasteiger partial charge < -0.3 is 5.11 Å². The zero-order chi connectivity index (χ0) is 19.7. The Morgan fingerprint density at radius 3 is 2.32 bits per heavy atom. The first-order chi connectivity index (χ1) is 13.5. The van der Waals surface area contributed by atoms with Crippen molar-refractivity contribution in [3.05, 3.63) is 100 Å². The molecule has 138 valence electrons. The summed E-state index contributed by atoms with van der Waals surface area (Å²) in [5.74, 6) is 0.336. The first-order valence-electron chi connectivity index (χ1n) is 8.78. The Labute approximate surface area is 168 Å². The molecule has 0 atom stereocenters. The number of carbonyl (C=O) groups excluding carboxylic acids is 1. The number of carbonyl (C=O) groups is 1. The third-order valence-corrected chi connectivity index (χ3v) is 4.79. The van der Waals surface area contributed by atoms with Crippen molar-refractivity contribution in [3.63, 3.8) is 0 Å². The van der Waals surface area contributed by atoms with Gasteiger partial charge in [0.2, 0.25) is 0 Å². The van der Waals surface area contributed by atoms with Gasteiger partial charge in [0.15, 0.2) is 0 Å². The van der Waals surface area contributed by atoms with Gasteiger partial charge in [0.05, 0.1) is 10.7 Å². The zero-order valence-corrected chi connectivity index (χ0v) is 15.9. The summed E-state index contributed by atoms with van der Waals surface area (Å²) < 4.78 is 0. The largest absolute Gasteiger partial charge is 0.508 e. The molecule has 0 saturated carbocycles. The second-order valence-corrected chi connectivity index (χ2v) is 6.92. The highest BCUT2D eigenvalue weighted by molar-refractivity contribution is 6.39. The smallest absolute Gasteiger partial charge is 0.282 e. The molecule has 1 aliphatic heterocycles. The fourth-order valence-corrected chi connectivity index (χ4v) is 3.22. The van der Waals surface area contributed by atoms with E-state index >= 15 is 0 Å². The maximum Gasteiger partial charge on any atom is 0.282 e. The Kier molecular flexibility index (Phi) is 4.72. The SMILES string of the molecule is Cc1ccc(/C=C2/N=C(c3ccccc3Cl)N(c3ccc(O)cc3)C2=O)cc1. The topological polar surface area (TPSA) is 52.9 Å². The van der Waals surface area contributed by atoms with Crippen LogP contribution in [-0.4, -0.2) is 16.8 Å². The zero-order valence-electron chi connectivity index (χ0n) is 15.1. The van der Waals surface area contributed by atoms with E-state index in [1.807, 2.05) is 49.4 Å². The predicted molar refractivity (Wildman–Crippen MR) is 113 cm³/mol. The molecule has 1 heterocycles. The molecule has 3 aromatic rings. The van der Waals surface area contributed by atoms with Crippen LogP contribution < -0.4 is 4.90 Å². The number of phenols is 1. The highest BCUT2D eigenvalue weighted by atomic mass is 35.5. The Morgan fingerprint density at radius 1 is 0.964 bits per heavy atom. The van der Waals surface area contributed by atoms with E-state index in [-0.39, 0.29) is 11.7 Å². The molecule has 0 fully saturated rings. The van der Waals surface area contributed by atoms with Crippen LogP contribution in [0, 0.1) is 6.92 Å².